The highest BCUT2D eigenvalue weighted by molar-refractivity contribution is 7.99. The van der Waals surface area contributed by atoms with E-state index in [1.54, 1.807) is 16.7 Å². The third kappa shape index (κ3) is 7.53. The van der Waals surface area contributed by atoms with Crippen molar-refractivity contribution in [1.82, 2.24) is 4.90 Å². The number of ether oxygens (including phenoxy) is 1. The maximum Gasteiger partial charge on any atom is 0.411 e. The second-order valence-corrected chi connectivity index (χ2v) is 7.62. The topological polar surface area (TPSA) is 87.1 Å². The van der Waals surface area contributed by atoms with E-state index >= 15 is 0 Å². The lowest BCUT2D eigenvalue weighted by atomic mass is 10.1. The van der Waals surface area contributed by atoms with E-state index in [2.05, 4.69) is 11.8 Å². The zero-order chi connectivity index (χ0) is 19.6. The number of rotatable bonds is 9. The van der Waals surface area contributed by atoms with Crippen LogP contribution in [0.5, 0.6) is 0 Å². The number of benzene rings is 1. The number of hydrogen-bond donors (Lipinski definition) is 2. The van der Waals surface area contributed by atoms with Crippen LogP contribution in [0.4, 0.5) is 4.79 Å². The highest BCUT2D eigenvalue weighted by atomic mass is 32.2. The average Bonchev–Trinajstić information content (AvgIpc) is 2.96. The number of aliphatic hydroxyl groups excluding tert-OH is 1. The van der Waals surface area contributed by atoms with E-state index in [0.717, 1.165) is 16.9 Å². The van der Waals surface area contributed by atoms with Crippen LogP contribution in [0.1, 0.15) is 24.0 Å². The molecule has 0 bridgehead atoms. The predicted octanol–water partition coefficient (Wildman–Crippen LogP) is 2.32. The van der Waals surface area contributed by atoms with E-state index in [4.69, 9.17) is 9.84 Å². The molecule has 1 aliphatic rings. The molecule has 1 amide bonds. The summed E-state index contributed by atoms with van der Waals surface area (Å²) in [5.41, 5.74) is 2.15. The normalized spacial score (nSPS) is 17.2. The zero-order valence-electron chi connectivity index (χ0n) is 15.4. The van der Waals surface area contributed by atoms with Crippen molar-refractivity contribution in [3.05, 3.63) is 35.4 Å². The smallest absolute Gasteiger partial charge is 0.411 e. The van der Waals surface area contributed by atoms with Gasteiger partial charge in [-0.1, -0.05) is 41.7 Å². The van der Waals surface area contributed by atoms with Gasteiger partial charge in [0.2, 0.25) is 0 Å². The Morgan fingerprint density at radius 3 is 3.00 bits per heavy atom. The first-order chi connectivity index (χ1) is 13.0. The molecular weight excluding hydrogens is 366 g/mol. The van der Waals surface area contributed by atoms with Crippen LogP contribution in [0.25, 0.3) is 0 Å². The van der Waals surface area contributed by atoms with Crippen molar-refractivity contribution < 1.29 is 24.5 Å². The molecule has 2 N–H and O–H groups in total. The third-order valence-electron chi connectivity index (χ3n) is 4.06. The summed E-state index contributed by atoms with van der Waals surface area (Å²) in [7, 11) is 0. The number of aryl methyl sites for hydroxylation is 1. The lowest BCUT2D eigenvalue weighted by Crippen LogP contribution is -2.34. The van der Waals surface area contributed by atoms with Crippen molar-refractivity contribution in [1.29, 1.82) is 0 Å². The number of nitrogens with zero attached hydrogens (tertiary/aromatic N) is 1. The number of carboxylic acid groups (broad SMARTS) is 1. The second-order valence-electron chi connectivity index (χ2n) is 6.39. The van der Waals surface area contributed by atoms with Crippen LogP contribution in [0.3, 0.4) is 0 Å². The first-order valence-corrected chi connectivity index (χ1v) is 10.1. The number of amides is 1. The Labute approximate surface area is 163 Å². The minimum Gasteiger partial charge on any atom is -0.481 e. The maximum atomic E-state index is 11.9. The summed E-state index contributed by atoms with van der Waals surface area (Å²) in [5, 5.41) is 18.8. The molecule has 1 aromatic carbocycles. The van der Waals surface area contributed by atoms with Crippen LogP contribution in [0.2, 0.25) is 0 Å². The van der Waals surface area contributed by atoms with Gasteiger partial charge in [-0.15, -0.1) is 0 Å². The largest absolute Gasteiger partial charge is 0.481 e. The van der Waals surface area contributed by atoms with Gasteiger partial charge in [0.1, 0.15) is 18.8 Å². The zero-order valence-corrected chi connectivity index (χ0v) is 16.2. The molecule has 0 saturated carbocycles. The summed E-state index contributed by atoms with van der Waals surface area (Å²) in [6.07, 6.45) is 0.0171. The molecule has 7 heteroatoms. The van der Waals surface area contributed by atoms with E-state index in [-0.39, 0.29) is 19.1 Å². The first kappa shape index (κ1) is 21.1. The number of aliphatic carboxylic acids is 1. The lowest BCUT2D eigenvalue weighted by molar-refractivity contribution is -0.137. The molecule has 2 rings (SSSR count). The van der Waals surface area contributed by atoms with Crippen molar-refractivity contribution in [2.75, 3.05) is 24.7 Å². The van der Waals surface area contributed by atoms with Crippen molar-refractivity contribution in [2.45, 2.75) is 38.3 Å². The Balaban J connectivity index is 1.79. The molecule has 6 nitrogen and oxygen atoms in total. The van der Waals surface area contributed by atoms with Gasteiger partial charge in [-0.05, 0) is 24.7 Å². The second kappa shape index (κ2) is 10.9. The van der Waals surface area contributed by atoms with Crippen LogP contribution in [-0.2, 0) is 16.0 Å². The summed E-state index contributed by atoms with van der Waals surface area (Å²) in [6, 6.07) is 7.56. The van der Waals surface area contributed by atoms with E-state index in [0.29, 0.717) is 25.1 Å². The van der Waals surface area contributed by atoms with Gasteiger partial charge < -0.3 is 14.9 Å². The van der Waals surface area contributed by atoms with Crippen molar-refractivity contribution in [3.8, 4) is 11.8 Å². The predicted molar refractivity (Wildman–Crippen MR) is 105 cm³/mol. The Morgan fingerprint density at radius 2 is 2.26 bits per heavy atom. The SMILES string of the molecule is Cc1cccc(CC(O)C#CC2COC(=O)N2CCSCCCC(=O)O)c1. The molecule has 146 valence electrons. The molecule has 0 radical (unpaired) electrons. The molecule has 1 fully saturated rings. The van der Waals surface area contributed by atoms with Crippen LogP contribution in [-0.4, -0.2) is 64.0 Å². The number of hydrogen-bond acceptors (Lipinski definition) is 5. The number of carbonyl (C=O) groups excluding carboxylic acids is 1. The van der Waals surface area contributed by atoms with Gasteiger partial charge in [0.15, 0.2) is 0 Å². The molecular formula is C20H25NO5S. The molecule has 2 unspecified atom stereocenters. The van der Waals surface area contributed by atoms with Crippen LogP contribution in [0, 0.1) is 18.8 Å². The quantitative estimate of drug-likeness (QED) is 0.496. The van der Waals surface area contributed by atoms with Gasteiger partial charge in [0.05, 0.1) is 0 Å². The number of carbonyl (C=O) groups is 2. The Kier molecular flexibility index (Phi) is 8.49. The average molecular weight is 391 g/mol. The fourth-order valence-electron chi connectivity index (χ4n) is 2.71. The van der Waals surface area contributed by atoms with Gasteiger partial charge in [-0.2, -0.15) is 11.8 Å². The van der Waals surface area contributed by atoms with Crippen LogP contribution >= 0.6 is 11.8 Å². The summed E-state index contributed by atoms with van der Waals surface area (Å²) < 4.78 is 5.07. The van der Waals surface area contributed by atoms with Gasteiger partial charge in [-0.25, -0.2) is 4.79 Å². The van der Waals surface area contributed by atoms with E-state index in [1.807, 2.05) is 31.2 Å². The summed E-state index contributed by atoms with van der Waals surface area (Å²) >= 11 is 1.60. The Morgan fingerprint density at radius 1 is 1.44 bits per heavy atom. The lowest BCUT2D eigenvalue weighted by Gasteiger charge is -2.17. The van der Waals surface area contributed by atoms with Crippen molar-refractivity contribution in [3.63, 3.8) is 0 Å². The maximum absolute atomic E-state index is 11.9. The van der Waals surface area contributed by atoms with Crippen LogP contribution in [0.15, 0.2) is 24.3 Å². The summed E-state index contributed by atoms with van der Waals surface area (Å²) in [5.74, 6) is 6.42. The van der Waals surface area contributed by atoms with Crippen molar-refractivity contribution >= 4 is 23.8 Å². The monoisotopic (exact) mass is 391 g/mol. The highest BCUT2D eigenvalue weighted by Gasteiger charge is 2.31. The molecule has 0 aromatic heterocycles. The summed E-state index contributed by atoms with van der Waals surface area (Å²) in [4.78, 5) is 23.9. The number of cyclic esters (lactones) is 1. The highest BCUT2D eigenvalue weighted by Crippen LogP contribution is 2.14. The molecule has 0 spiro atoms. The van der Waals surface area contributed by atoms with Gasteiger partial charge in [0.25, 0.3) is 0 Å². The van der Waals surface area contributed by atoms with E-state index < -0.39 is 18.2 Å². The van der Waals surface area contributed by atoms with E-state index in [1.165, 1.54) is 0 Å². The number of carboxylic acids is 1. The Hall–Kier alpha value is -2.17. The fourth-order valence-corrected chi connectivity index (χ4v) is 3.59. The molecule has 27 heavy (non-hydrogen) atoms. The standard InChI is InChI=1S/C20H25NO5S/c1-15-4-2-5-16(12-15)13-18(22)8-7-17-14-26-20(25)21(17)9-11-27-10-3-6-19(23)24/h2,4-5,12,17-18,22H,3,6,9-11,13-14H2,1H3,(H,23,24). The number of thioether (sulfide) groups is 1. The van der Waals surface area contributed by atoms with Gasteiger partial charge >= 0.3 is 12.1 Å². The third-order valence-corrected chi connectivity index (χ3v) is 5.11. The van der Waals surface area contributed by atoms with Gasteiger partial charge in [0, 0.05) is 25.1 Å². The molecule has 1 heterocycles. The minimum absolute atomic E-state index is 0.158. The fraction of sp³-hybridized carbons (Fsp3) is 0.500. The number of aliphatic hydroxyl groups is 1. The molecule has 0 aliphatic carbocycles. The molecule has 2 atom stereocenters. The minimum atomic E-state index is -0.797. The first-order valence-electron chi connectivity index (χ1n) is 8.93. The molecule has 1 aromatic rings. The summed E-state index contributed by atoms with van der Waals surface area (Å²) in [6.45, 7) is 2.69. The van der Waals surface area contributed by atoms with E-state index in [9.17, 15) is 14.7 Å². The van der Waals surface area contributed by atoms with Crippen molar-refractivity contribution in [2.24, 2.45) is 0 Å². The van der Waals surface area contributed by atoms with Crippen LogP contribution < -0.4 is 0 Å². The Bertz CT molecular complexity index is 712. The van der Waals surface area contributed by atoms with Gasteiger partial charge in [-0.3, -0.25) is 9.69 Å². The molecule has 1 aliphatic heterocycles. The molecule has 1 saturated heterocycles.